The second-order valence-electron chi connectivity index (χ2n) is 5.46. The molecule has 140 valence electrons. The average molecular weight is 368 g/mol. The summed E-state index contributed by atoms with van der Waals surface area (Å²) in [6.07, 6.45) is 0. The summed E-state index contributed by atoms with van der Waals surface area (Å²) >= 11 is 0. The molecular formula is C20H20N2O5. The summed E-state index contributed by atoms with van der Waals surface area (Å²) in [5.74, 6) is 0.0986. The van der Waals surface area contributed by atoms with Crippen LogP contribution in [0.1, 0.15) is 28.4 Å². The van der Waals surface area contributed by atoms with Gasteiger partial charge in [-0.25, -0.2) is 4.79 Å². The molecule has 0 aliphatic heterocycles. The summed E-state index contributed by atoms with van der Waals surface area (Å²) < 4.78 is 15.6. The summed E-state index contributed by atoms with van der Waals surface area (Å²) in [5.41, 5.74) is 1.73. The number of benzene rings is 2. The normalized spacial score (nSPS) is 9.81. The highest BCUT2D eigenvalue weighted by molar-refractivity contribution is 5.89. The predicted octanol–water partition coefficient (Wildman–Crippen LogP) is 2.44. The van der Waals surface area contributed by atoms with Crippen molar-refractivity contribution in [2.45, 2.75) is 13.5 Å². The molecular weight excluding hydrogens is 348 g/mol. The minimum Gasteiger partial charge on any atom is -0.490 e. The Hall–Kier alpha value is -3.53. The van der Waals surface area contributed by atoms with Gasteiger partial charge in [-0.15, -0.1) is 0 Å². The van der Waals surface area contributed by atoms with Gasteiger partial charge in [0.25, 0.3) is 5.91 Å². The number of carbonyl (C=O) groups is 2. The van der Waals surface area contributed by atoms with Crippen molar-refractivity contribution in [1.29, 1.82) is 5.26 Å². The first-order valence-electron chi connectivity index (χ1n) is 8.31. The number of methoxy groups -OCH3 is 1. The van der Waals surface area contributed by atoms with Crippen molar-refractivity contribution in [2.24, 2.45) is 0 Å². The van der Waals surface area contributed by atoms with Crippen molar-refractivity contribution >= 4 is 11.9 Å². The third kappa shape index (κ3) is 5.75. The van der Waals surface area contributed by atoms with Crippen molar-refractivity contribution < 1.29 is 23.8 Å². The number of hydrogen-bond donors (Lipinski definition) is 1. The van der Waals surface area contributed by atoms with E-state index in [9.17, 15) is 9.59 Å². The number of esters is 1. The quantitative estimate of drug-likeness (QED) is 0.719. The molecule has 0 saturated carbocycles. The Morgan fingerprint density at radius 2 is 1.81 bits per heavy atom. The molecule has 2 aromatic rings. The first kappa shape index (κ1) is 19.8. The summed E-state index contributed by atoms with van der Waals surface area (Å²) in [6.45, 7) is 2.35. The summed E-state index contributed by atoms with van der Waals surface area (Å²) in [6, 6.07) is 13.5. The Kier molecular flexibility index (Phi) is 7.20. The highest BCUT2D eigenvalue weighted by Crippen LogP contribution is 2.28. The van der Waals surface area contributed by atoms with Crippen LogP contribution in [0.5, 0.6) is 11.5 Å². The topological polar surface area (TPSA) is 97.6 Å². The minimum absolute atomic E-state index is 0.188. The lowest BCUT2D eigenvalue weighted by Gasteiger charge is -2.12. The Morgan fingerprint density at radius 1 is 1.07 bits per heavy atom. The smallest absolute Gasteiger partial charge is 0.337 e. The van der Waals surface area contributed by atoms with Crippen LogP contribution in [0, 0.1) is 11.3 Å². The number of amides is 1. The van der Waals surface area contributed by atoms with Crippen LogP contribution in [-0.2, 0) is 16.1 Å². The van der Waals surface area contributed by atoms with E-state index in [2.05, 4.69) is 10.1 Å². The van der Waals surface area contributed by atoms with Gasteiger partial charge >= 0.3 is 5.97 Å². The molecule has 7 nitrogen and oxygen atoms in total. The Morgan fingerprint density at radius 3 is 2.44 bits per heavy atom. The molecule has 0 heterocycles. The number of nitrogens with one attached hydrogen (secondary N) is 1. The van der Waals surface area contributed by atoms with Gasteiger partial charge in [0.2, 0.25) is 0 Å². The number of hydrogen-bond acceptors (Lipinski definition) is 6. The van der Waals surface area contributed by atoms with Crippen LogP contribution in [0.25, 0.3) is 0 Å². The van der Waals surface area contributed by atoms with Crippen molar-refractivity contribution in [2.75, 3.05) is 20.3 Å². The van der Waals surface area contributed by atoms with Crippen LogP contribution in [0.15, 0.2) is 42.5 Å². The molecule has 2 aromatic carbocycles. The van der Waals surface area contributed by atoms with E-state index >= 15 is 0 Å². The third-order valence-electron chi connectivity index (χ3n) is 3.60. The average Bonchev–Trinajstić information content (AvgIpc) is 2.71. The second kappa shape index (κ2) is 9.82. The maximum Gasteiger partial charge on any atom is 0.337 e. The lowest BCUT2D eigenvalue weighted by Crippen LogP contribution is -2.28. The van der Waals surface area contributed by atoms with Crippen LogP contribution >= 0.6 is 0 Å². The van der Waals surface area contributed by atoms with Crippen molar-refractivity contribution in [3.05, 3.63) is 59.2 Å². The second-order valence-corrected chi connectivity index (χ2v) is 5.46. The van der Waals surface area contributed by atoms with Crippen LogP contribution < -0.4 is 14.8 Å². The van der Waals surface area contributed by atoms with E-state index in [1.54, 1.807) is 42.5 Å². The monoisotopic (exact) mass is 368 g/mol. The Balaban J connectivity index is 1.88. The lowest BCUT2D eigenvalue weighted by atomic mass is 10.1. The fourth-order valence-corrected chi connectivity index (χ4v) is 2.24. The molecule has 7 heteroatoms. The van der Waals surface area contributed by atoms with Gasteiger partial charge < -0.3 is 19.5 Å². The minimum atomic E-state index is -0.411. The van der Waals surface area contributed by atoms with E-state index in [-0.39, 0.29) is 12.5 Å². The zero-order valence-corrected chi connectivity index (χ0v) is 15.2. The van der Waals surface area contributed by atoms with Gasteiger partial charge in [0.15, 0.2) is 18.1 Å². The molecule has 2 rings (SSSR count). The van der Waals surface area contributed by atoms with Crippen LogP contribution in [-0.4, -0.2) is 32.2 Å². The van der Waals surface area contributed by atoms with Gasteiger partial charge in [0.1, 0.15) is 0 Å². The summed E-state index contributed by atoms with van der Waals surface area (Å²) in [5, 5.41) is 11.7. The maximum absolute atomic E-state index is 12.0. The molecule has 0 saturated heterocycles. The molecule has 1 N–H and O–H groups in total. The molecule has 0 atom stereocenters. The molecule has 0 aromatic heterocycles. The molecule has 0 radical (unpaired) electrons. The van der Waals surface area contributed by atoms with Crippen LogP contribution in [0.3, 0.4) is 0 Å². The van der Waals surface area contributed by atoms with Gasteiger partial charge in [-0.05, 0) is 36.8 Å². The Labute approximate surface area is 157 Å². The van der Waals surface area contributed by atoms with E-state index in [4.69, 9.17) is 14.7 Å². The molecule has 0 aliphatic rings. The largest absolute Gasteiger partial charge is 0.490 e. The lowest BCUT2D eigenvalue weighted by molar-refractivity contribution is -0.123. The summed E-state index contributed by atoms with van der Waals surface area (Å²) in [7, 11) is 1.32. The van der Waals surface area contributed by atoms with Gasteiger partial charge in [0, 0.05) is 12.6 Å². The number of nitrogens with zero attached hydrogens (tertiary/aromatic N) is 1. The number of carbonyl (C=O) groups excluding carboxylic acids is 2. The maximum atomic E-state index is 12.0. The van der Waals surface area contributed by atoms with Crippen molar-refractivity contribution in [1.82, 2.24) is 5.32 Å². The molecule has 0 spiro atoms. The molecule has 0 bridgehead atoms. The van der Waals surface area contributed by atoms with E-state index < -0.39 is 5.97 Å². The number of rotatable bonds is 8. The SMILES string of the molecule is CCOc1cc(C#N)ccc1OCC(=O)NCc1ccc(C(=O)OC)cc1. The molecule has 0 fully saturated rings. The van der Waals surface area contributed by atoms with E-state index in [0.717, 1.165) is 5.56 Å². The zero-order valence-electron chi connectivity index (χ0n) is 15.2. The van der Waals surface area contributed by atoms with E-state index in [1.807, 2.05) is 13.0 Å². The van der Waals surface area contributed by atoms with Crippen molar-refractivity contribution in [3.8, 4) is 17.6 Å². The first-order chi connectivity index (χ1) is 13.1. The third-order valence-corrected chi connectivity index (χ3v) is 3.60. The predicted molar refractivity (Wildman–Crippen MR) is 97.4 cm³/mol. The zero-order chi connectivity index (χ0) is 19.6. The fraction of sp³-hybridized carbons (Fsp3) is 0.250. The fourth-order valence-electron chi connectivity index (χ4n) is 2.24. The van der Waals surface area contributed by atoms with Gasteiger partial charge in [0.05, 0.1) is 30.9 Å². The highest BCUT2D eigenvalue weighted by Gasteiger charge is 2.10. The molecule has 0 unspecified atom stereocenters. The Bertz CT molecular complexity index is 840. The standard InChI is InChI=1S/C20H20N2O5/c1-3-26-18-10-15(11-21)6-9-17(18)27-13-19(23)22-12-14-4-7-16(8-5-14)20(24)25-2/h4-10H,3,12-13H2,1-2H3,(H,22,23). The van der Waals surface area contributed by atoms with Crippen LogP contribution in [0.4, 0.5) is 0 Å². The molecule has 27 heavy (non-hydrogen) atoms. The number of ether oxygens (including phenoxy) is 3. The summed E-state index contributed by atoms with van der Waals surface area (Å²) in [4.78, 5) is 23.4. The van der Waals surface area contributed by atoms with Gasteiger partial charge in [-0.1, -0.05) is 12.1 Å². The first-order valence-corrected chi connectivity index (χ1v) is 8.31. The van der Waals surface area contributed by atoms with Gasteiger partial charge in [-0.2, -0.15) is 5.26 Å². The highest BCUT2D eigenvalue weighted by atomic mass is 16.5. The number of nitriles is 1. The molecule has 0 aliphatic carbocycles. The van der Waals surface area contributed by atoms with Crippen LogP contribution in [0.2, 0.25) is 0 Å². The molecule has 1 amide bonds. The van der Waals surface area contributed by atoms with E-state index in [0.29, 0.717) is 35.8 Å². The van der Waals surface area contributed by atoms with Gasteiger partial charge in [-0.3, -0.25) is 4.79 Å². The van der Waals surface area contributed by atoms with Crippen molar-refractivity contribution in [3.63, 3.8) is 0 Å². The van der Waals surface area contributed by atoms with E-state index in [1.165, 1.54) is 7.11 Å².